The van der Waals surface area contributed by atoms with Crippen molar-refractivity contribution in [2.75, 3.05) is 5.43 Å². The van der Waals surface area contributed by atoms with E-state index in [-0.39, 0.29) is 5.56 Å². The lowest BCUT2D eigenvalue weighted by Gasteiger charge is -2.03. The predicted octanol–water partition coefficient (Wildman–Crippen LogP) is 3.45. The molecule has 0 spiro atoms. The molecule has 0 saturated carbocycles. The third-order valence-corrected chi connectivity index (χ3v) is 4.65. The van der Waals surface area contributed by atoms with E-state index in [0.717, 1.165) is 15.8 Å². The molecule has 0 unspecified atom stereocenters. The first-order valence-electron chi connectivity index (χ1n) is 6.90. The first-order valence-corrected chi connectivity index (χ1v) is 7.71. The Hall–Kier alpha value is -2.80. The number of nitrogens with zero attached hydrogens (tertiary/aromatic N) is 3. The highest BCUT2D eigenvalue weighted by atomic mass is 32.1. The van der Waals surface area contributed by atoms with Gasteiger partial charge in [0.05, 0.1) is 17.2 Å². The lowest BCUT2D eigenvalue weighted by atomic mass is 10.1. The maximum atomic E-state index is 11.2. The molecule has 23 heavy (non-hydrogen) atoms. The number of carbonyl (C=O) groups is 1. The summed E-state index contributed by atoms with van der Waals surface area (Å²) in [5, 5.41) is 14.2. The maximum absolute atomic E-state index is 11.2. The molecule has 116 valence electrons. The molecule has 0 fully saturated rings. The number of carboxylic acids is 1. The van der Waals surface area contributed by atoms with Crippen LogP contribution in [0.25, 0.3) is 10.2 Å². The van der Waals surface area contributed by atoms with Crippen LogP contribution in [0.15, 0.2) is 35.7 Å². The molecule has 0 amide bonds. The second-order valence-electron chi connectivity index (χ2n) is 4.95. The average Bonchev–Trinajstić information content (AvgIpc) is 2.83. The quantitative estimate of drug-likeness (QED) is 0.566. The number of aromatic nitrogens is 2. The second kappa shape index (κ2) is 6.13. The van der Waals surface area contributed by atoms with E-state index < -0.39 is 5.97 Å². The number of hydrogen-bond donors (Lipinski definition) is 2. The molecule has 0 aliphatic carbocycles. The highest BCUT2D eigenvalue weighted by molar-refractivity contribution is 7.18. The van der Waals surface area contributed by atoms with E-state index >= 15 is 0 Å². The van der Waals surface area contributed by atoms with Crippen molar-refractivity contribution in [2.45, 2.75) is 13.8 Å². The number of carboxylic acid groups (broad SMARTS) is 1. The molecule has 0 saturated heterocycles. The van der Waals surface area contributed by atoms with Crippen LogP contribution >= 0.6 is 11.3 Å². The summed E-state index contributed by atoms with van der Waals surface area (Å²) in [7, 11) is 0. The molecule has 0 bridgehead atoms. The van der Waals surface area contributed by atoms with Gasteiger partial charge in [0, 0.05) is 10.4 Å². The first-order chi connectivity index (χ1) is 11.1. The van der Waals surface area contributed by atoms with Crippen LogP contribution in [0.1, 0.15) is 26.4 Å². The topological polar surface area (TPSA) is 87.5 Å². The fourth-order valence-corrected chi connectivity index (χ4v) is 3.23. The van der Waals surface area contributed by atoms with Crippen LogP contribution in [-0.4, -0.2) is 27.3 Å². The Labute approximate surface area is 136 Å². The Balaban J connectivity index is 1.91. The molecule has 3 aromatic rings. The summed E-state index contributed by atoms with van der Waals surface area (Å²) in [5.74, 6) is -0.373. The molecule has 0 aliphatic heterocycles. The summed E-state index contributed by atoms with van der Waals surface area (Å²) >= 11 is 1.61. The molecule has 3 rings (SSSR count). The third kappa shape index (κ3) is 2.91. The first kappa shape index (κ1) is 15.1. The number of hydrazone groups is 1. The number of thiophene rings is 1. The average molecular weight is 326 g/mol. The molecular formula is C16H14N4O2S. The monoisotopic (exact) mass is 326 g/mol. The fourth-order valence-electron chi connectivity index (χ4n) is 2.23. The summed E-state index contributed by atoms with van der Waals surface area (Å²) in [4.78, 5) is 21.8. The molecular weight excluding hydrogens is 312 g/mol. The molecule has 0 atom stereocenters. The van der Waals surface area contributed by atoms with Gasteiger partial charge in [0.2, 0.25) is 0 Å². The van der Waals surface area contributed by atoms with Crippen molar-refractivity contribution in [3.8, 4) is 0 Å². The van der Waals surface area contributed by atoms with Gasteiger partial charge < -0.3 is 5.11 Å². The lowest BCUT2D eigenvalue weighted by molar-refractivity contribution is 0.0697. The van der Waals surface area contributed by atoms with Crippen LogP contribution in [0.2, 0.25) is 0 Å². The highest BCUT2D eigenvalue weighted by Crippen LogP contribution is 2.32. The molecule has 2 heterocycles. The van der Waals surface area contributed by atoms with E-state index in [2.05, 4.69) is 20.5 Å². The molecule has 6 nitrogen and oxygen atoms in total. The standard InChI is InChI=1S/C16H14N4O2S/c1-9-10(2)23-15-13(9)14(17-8-18-15)20-19-7-11-5-3-4-6-12(11)16(21)22/h3-8H,1-2H3,(H,21,22)(H,17,18,20)/b19-7-. The molecule has 2 aromatic heterocycles. The van der Waals surface area contributed by atoms with Gasteiger partial charge in [0.25, 0.3) is 0 Å². The smallest absolute Gasteiger partial charge is 0.336 e. The maximum Gasteiger partial charge on any atom is 0.336 e. The van der Waals surface area contributed by atoms with E-state index in [0.29, 0.717) is 11.4 Å². The van der Waals surface area contributed by atoms with Gasteiger partial charge in [-0.3, -0.25) is 5.43 Å². The summed E-state index contributed by atoms with van der Waals surface area (Å²) < 4.78 is 0. The Morgan fingerprint density at radius 3 is 2.87 bits per heavy atom. The van der Waals surface area contributed by atoms with Crippen molar-refractivity contribution in [1.82, 2.24) is 9.97 Å². The largest absolute Gasteiger partial charge is 0.478 e. The Morgan fingerprint density at radius 1 is 1.30 bits per heavy atom. The zero-order valence-electron chi connectivity index (χ0n) is 12.6. The van der Waals surface area contributed by atoms with Crippen LogP contribution in [0.4, 0.5) is 5.82 Å². The summed E-state index contributed by atoms with van der Waals surface area (Å²) in [6.07, 6.45) is 2.96. The lowest BCUT2D eigenvalue weighted by Crippen LogP contribution is -2.02. The van der Waals surface area contributed by atoms with Crippen LogP contribution in [0.3, 0.4) is 0 Å². The molecule has 2 N–H and O–H groups in total. The minimum absolute atomic E-state index is 0.202. The summed E-state index contributed by atoms with van der Waals surface area (Å²) in [5.41, 5.74) is 4.73. The number of aromatic carboxylic acids is 1. The number of nitrogens with one attached hydrogen (secondary N) is 1. The van der Waals surface area contributed by atoms with E-state index in [1.165, 1.54) is 17.4 Å². The van der Waals surface area contributed by atoms with Gasteiger partial charge in [-0.15, -0.1) is 11.3 Å². The van der Waals surface area contributed by atoms with Gasteiger partial charge in [-0.05, 0) is 25.5 Å². The second-order valence-corrected chi connectivity index (χ2v) is 6.15. The van der Waals surface area contributed by atoms with E-state index in [1.807, 2.05) is 13.8 Å². The fraction of sp³-hybridized carbons (Fsp3) is 0.125. The van der Waals surface area contributed by atoms with Crippen LogP contribution < -0.4 is 5.43 Å². The molecule has 0 aliphatic rings. The number of anilines is 1. The highest BCUT2D eigenvalue weighted by Gasteiger charge is 2.11. The zero-order valence-corrected chi connectivity index (χ0v) is 13.4. The Kier molecular flexibility index (Phi) is 4.03. The normalized spacial score (nSPS) is 11.2. The van der Waals surface area contributed by atoms with E-state index in [4.69, 9.17) is 5.11 Å². The van der Waals surface area contributed by atoms with Crippen molar-refractivity contribution in [3.05, 3.63) is 52.2 Å². The van der Waals surface area contributed by atoms with Crippen molar-refractivity contribution >= 4 is 39.6 Å². The van der Waals surface area contributed by atoms with Crippen molar-refractivity contribution < 1.29 is 9.90 Å². The number of fused-ring (bicyclic) bond motifs is 1. The van der Waals surface area contributed by atoms with Crippen LogP contribution in [-0.2, 0) is 0 Å². The molecule has 7 heteroatoms. The minimum Gasteiger partial charge on any atom is -0.478 e. The summed E-state index contributed by atoms with van der Waals surface area (Å²) in [6.45, 7) is 4.06. The van der Waals surface area contributed by atoms with Gasteiger partial charge >= 0.3 is 5.97 Å². The van der Waals surface area contributed by atoms with Gasteiger partial charge in [0.15, 0.2) is 5.82 Å². The third-order valence-electron chi connectivity index (χ3n) is 3.53. The van der Waals surface area contributed by atoms with E-state index in [1.54, 1.807) is 35.6 Å². The molecule has 1 aromatic carbocycles. The van der Waals surface area contributed by atoms with Crippen LogP contribution in [0, 0.1) is 13.8 Å². The van der Waals surface area contributed by atoms with Gasteiger partial charge in [-0.2, -0.15) is 5.10 Å². The molecule has 0 radical (unpaired) electrons. The number of rotatable bonds is 4. The van der Waals surface area contributed by atoms with Crippen LogP contribution in [0.5, 0.6) is 0 Å². The minimum atomic E-state index is -0.985. The van der Waals surface area contributed by atoms with Crippen molar-refractivity contribution in [2.24, 2.45) is 5.10 Å². The number of aryl methyl sites for hydroxylation is 2. The summed E-state index contributed by atoms with van der Waals surface area (Å²) in [6, 6.07) is 6.69. The van der Waals surface area contributed by atoms with Crippen molar-refractivity contribution in [3.63, 3.8) is 0 Å². The van der Waals surface area contributed by atoms with Gasteiger partial charge in [-0.25, -0.2) is 14.8 Å². The SMILES string of the molecule is Cc1sc2ncnc(N/N=C\c3ccccc3C(=O)O)c2c1C. The number of benzene rings is 1. The van der Waals surface area contributed by atoms with E-state index in [9.17, 15) is 4.79 Å². The predicted molar refractivity (Wildman–Crippen MR) is 91.5 cm³/mol. The van der Waals surface area contributed by atoms with Gasteiger partial charge in [0.1, 0.15) is 11.2 Å². The Morgan fingerprint density at radius 2 is 2.09 bits per heavy atom. The van der Waals surface area contributed by atoms with Crippen molar-refractivity contribution in [1.29, 1.82) is 0 Å². The Bertz CT molecular complexity index is 918. The number of hydrogen-bond acceptors (Lipinski definition) is 6. The van der Waals surface area contributed by atoms with Gasteiger partial charge in [-0.1, -0.05) is 18.2 Å². The zero-order chi connectivity index (χ0) is 16.4.